The van der Waals surface area contributed by atoms with Crippen molar-refractivity contribution in [3.05, 3.63) is 0 Å². The molecule has 0 aromatic carbocycles. The monoisotopic (exact) mass is 199 g/mol. The molecule has 2 amide bonds. The zero-order chi connectivity index (χ0) is 10.6. The number of amides is 2. The van der Waals surface area contributed by atoms with Crippen molar-refractivity contribution in [3.63, 3.8) is 0 Å². The number of rotatable bonds is 5. The lowest BCUT2D eigenvalue weighted by atomic mass is 10.1. The van der Waals surface area contributed by atoms with Gasteiger partial charge in [0.25, 0.3) is 11.8 Å². The van der Waals surface area contributed by atoms with Crippen LogP contribution in [0.2, 0.25) is 0 Å². The van der Waals surface area contributed by atoms with Crippen molar-refractivity contribution in [2.75, 3.05) is 6.61 Å². The van der Waals surface area contributed by atoms with Gasteiger partial charge in [0.2, 0.25) is 0 Å². The normalized spacial score (nSPS) is 19.1. The van der Waals surface area contributed by atoms with Crippen molar-refractivity contribution in [2.45, 2.75) is 39.5 Å². The van der Waals surface area contributed by atoms with Crippen LogP contribution >= 0.6 is 0 Å². The van der Waals surface area contributed by atoms with Crippen molar-refractivity contribution in [1.82, 2.24) is 5.06 Å². The SMILES string of the molecule is CCCC(C)CON1C(=O)CCC1=O. The van der Waals surface area contributed by atoms with Gasteiger partial charge in [-0.05, 0) is 12.3 Å². The molecule has 1 saturated heterocycles. The molecule has 4 nitrogen and oxygen atoms in total. The molecule has 1 unspecified atom stereocenters. The second kappa shape index (κ2) is 5.10. The predicted octanol–water partition coefficient (Wildman–Crippen LogP) is 1.50. The molecule has 14 heavy (non-hydrogen) atoms. The van der Waals surface area contributed by atoms with Gasteiger partial charge >= 0.3 is 0 Å². The second-order valence-corrected chi connectivity index (χ2v) is 3.77. The second-order valence-electron chi connectivity index (χ2n) is 3.77. The van der Waals surface area contributed by atoms with Gasteiger partial charge < -0.3 is 0 Å². The average molecular weight is 199 g/mol. The van der Waals surface area contributed by atoms with Gasteiger partial charge in [0.1, 0.15) is 0 Å². The molecule has 0 saturated carbocycles. The van der Waals surface area contributed by atoms with E-state index in [0.717, 1.165) is 17.9 Å². The topological polar surface area (TPSA) is 46.6 Å². The standard InChI is InChI=1S/C10H17NO3/c1-3-4-8(2)7-14-11-9(12)5-6-10(11)13/h8H,3-7H2,1-2H3. The largest absolute Gasteiger partial charge is 0.272 e. The number of hydroxylamine groups is 2. The van der Waals surface area contributed by atoms with Gasteiger partial charge in [0.05, 0.1) is 6.61 Å². The quantitative estimate of drug-likeness (QED) is 0.630. The van der Waals surface area contributed by atoms with E-state index in [2.05, 4.69) is 13.8 Å². The first kappa shape index (κ1) is 11.2. The van der Waals surface area contributed by atoms with Crippen LogP contribution in [0, 0.1) is 5.92 Å². The lowest BCUT2D eigenvalue weighted by Gasteiger charge is -2.16. The lowest BCUT2D eigenvalue weighted by Crippen LogP contribution is -2.31. The van der Waals surface area contributed by atoms with E-state index < -0.39 is 0 Å². The molecule has 0 aromatic heterocycles. The minimum Gasteiger partial charge on any atom is -0.272 e. The van der Waals surface area contributed by atoms with Gasteiger partial charge in [-0.25, -0.2) is 0 Å². The summed E-state index contributed by atoms with van der Waals surface area (Å²) in [5.41, 5.74) is 0. The Hall–Kier alpha value is -0.900. The van der Waals surface area contributed by atoms with Crippen LogP contribution in [0.25, 0.3) is 0 Å². The first-order chi connectivity index (χ1) is 6.65. The fourth-order valence-electron chi connectivity index (χ4n) is 1.48. The van der Waals surface area contributed by atoms with E-state index in [4.69, 9.17) is 4.84 Å². The molecule has 0 aromatic rings. The fourth-order valence-corrected chi connectivity index (χ4v) is 1.48. The molecule has 1 aliphatic rings. The zero-order valence-corrected chi connectivity index (χ0v) is 8.78. The van der Waals surface area contributed by atoms with Gasteiger partial charge in [-0.3, -0.25) is 14.4 Å². The Labute approximate surface area is 84.2 Å². The zero-order valence-electron chi connectivity index (χ0n) is 8.78. The Kier molecular flexibility index (Phi) is 4.07. The molecule has 1 fully saturated rings. The molecule has 4 heteroatoms. The Morgan fingerprint density at radius 2 is 1.93 bits per heavy atom. The predicted molar refractivity (Wildman–Crippen MR) is 51.1 cm³/mol. The lowest BCUT2D eigenvalue weighted by molar-refractivity contribution is -0.190. The number of hydrogen-bond donors (Lipinski definition) is 0. The molecular weight excluding hydrogens is 182 g/mol. The number of carbonyl (C=O) groups is 2. The third kappa shape index (κ3) is 2.80. The molecule has 0 bridgehead atoms. The maximum Gasteiger partial charge on any atom is 0.253 e. The Bertz CT molecular complexity index is 211. The van der Waals surface area contributed by atoms with E-state index in [-0.39, 0.29) is 11.8 Å². The summed E-state index contributed by atoms with van der Waals surface area (Å²) >= 11 is 0. The molecular formula is C10H17NO3. The highest BCUT2D eigenvalue weighted by Crippen LogP contribution is 2.14. The summed E-state index contributed by atoms with van der Waals surface area (Å²) in [5, 5.41) is 0.923. The van der Waals surface area contributed by atoms with E-state index >= 15 is 0 Å². The number of nitrogens with zero attached hydrogens (tertiary/aromatic N) is 1. The molecule has 0 N–H and O–H groups in total. The minimum absolute atomic E-state index is 0.210. The van der Waals surface area contributed by atoms with E-state index in [1.807, 2.05) is 0 Å². The number of hydrogen-bond acceptors (Lipinski definition) is 3. The first-order valence-corrected chi connectivity index (χ1v) is 5.13. The summed E-state index contributed by atoms with van der Waals surface area (Å²) in [6, 6.07) is 0. The van der Waals surface area contributed by atoms with E-state index in [9.17, 15) is 9.59 Å². The summed E-state index contributed by atoms with van der Waals surface area (Å²) in [6.45, 7) is 4.60. The Balaban J connectivity index is 2.30. The third-order valence-electron chi connectivity index (χ3n) is 2.28. The van der Waals surface area contributed by atoms with Crippen LogP contribution in [0.15, 0.2) is 0 Å². The maximum absolute atomic E-state index is 11.1. The third-order valence-corrected chi connectivity index (χ3v) is 2.28. The van der Waals surface area contributed by atoms with Gasteiger partial charge in [-0.1, -0.05) is 20.3 Å². The molecule has 0 aliphatic carbocycles. The molecule has 0 radical (unpaired) electrons. The van der Waals surface area contributed by atoms with Gasteiger partial charge in [-0.2, -0.15) is 5.06 Å². The van der Waals surface area contributed by atoms with Gasteiger partial charge in [0, 0.05) is 12.8 Å². The minimum atomic E-state index is -0.210. The molecule has 1 atom stereocenters. The molecule has 1 aliphatic heterocycles. The highest BCUT2D eigenvalue weighted by molar-refractivity contribution is 6.00. The first-order valence-electron chi connectivity index (χ1n) is 5.13. The van der Waals surface area contributed by atoms with Crippen molar-refractivity contribution >= 4 is 11.8 Å². The van der Waals surface area contributed by atoms with Crippen LogP contribution in [0.5, 0.6) is 0 Å². The van der Waals surface area contributed by atoms with Gasteiger partial charge in [0.15, 0.2) is 0 Å². The Morgan fingerprint density at radius 1 is 1.36 bits per heavy atom. The van der Waals surface area contributed by atoms with Gasteiger partial charge in [-0.15, -0.1) is 0 Å². The summed E-state index contributed by atoms with van der Waals surface area (Å²) in [6.07, 6.45) is 2.73. The Morgan fingerprint density at radius 3 is 2.43 bits per heavy atom. The van der Waals surface area contributed by atoms with Crippen LogP contribution in [-0.4, -0.2) is 23.5 Å². The van der Waals surface area contributed by atoms with Crippen molar-refractivity contribution in [1.29, 1.82) is 0 Å². The summed E-state index contributed by atoms with van der Waals surface area (Å²) in [4.78, 5) is 27.4. The average Bonchev–Trinajstić information content (AvgIpc) is 2.44. The highest BCUT2D eigenvalue weighted by Gasteiger charge is 2.30. The molecule has 80 valence electrons. The van der Waals surface area contributed by atoms with E-state index in [0.29, 0.717) is 25.4 Å². The van der Waals surface area contributed by atoms with Crippen molar-refractivity contribution in [3.8, 4) is 0 Å². The van der Waals surface area contributed by atoms with Crippen LogP contribution < -0.4 is 0 Å². The molecule has 1 rings (SSSR count). The van der Waals surface area contributed by atoms with Crippen molar-refractivity contribution < 1.29 is 14.4 Å². The van der Waals surface area contributed by atoms with E-state index in [1.54, 1.807) is 0 Å². The summed E-state index contributed by atoms with van der Waals surface area (Å²) in [7, 11) is 0. The van der Waals surface area contributed by atoms with Crippen LogP contribution in [0.4, 0.5) is 0 Å². The maximum atomic E-state index is 11.1. The van der Waals surface area contributed by atoms with Crippen LogP contribution in [-0.2, 0) is 14.4 Å². The fraction of sp³-hybridized carbons (Fsp3) is 0.800. The molecule has 1 heterocycles. The number of carbonyl (C=O) groups excluding carboxylic acids is 2. The van der Waals surface area contributed by atoms with Crippen LogP contribution in [0.1, 0.15) is 39.5 Å². The summed E-state index contributed by atoms with van der Waals surface area (Å²) < 4.78 is 0. The summed E-state index contributed by atoms with van der Waals surface area (Å²) in [5.74, 6) is -0.0291. The smallest absolute Gasteiger partial charge is 0.253 e. The molecule has 0 spiro atoms. The van der Waals surface area contributed by atoms with Crippen LogP contribution in [0.3, 0.4) is 0 Å². The number of imide groups is 1. The van der Waals surface area contributed by atoms with E-state index in [1.165, 1.54) is 0 Å². The van der Waals surface area contributed by atoms with Crippen molar-refractivity contribution in [2.24, 2.45) is 5.92 Å². The highest BCUT2D eigenvalue weighted by atomic mass is 16.7.